The van der Waals surface area contributed by atoms with Crippen molar-refractivity contribution >= 4 is 23.9 Å². The summed E-state index contributed by atoms with van der Waals surface area (Å²) in [7, 11) is 0. The van der Waals surface area contributed by atoms with E-state index in [9.17, 15) is 19.5 Å². The summed E-state index contributed by atoms with van der Waals surface area (Å²) in [6.45, 7) is -0.140. The Morgan fingerprint density at radius 1 is 0.943 bits per heavy atom. The van der Waals surface area contributed by atoms with E-state index in [0.29, 0.717) is 5.56 Å². The first-order valence-electron chi connectivity index (χ1n) is 11.3. The van der Waals surface area contributed by atoms with Crippen LogP contribution in [0.1, 0.15) is 22.8 Å². The van der Waals surface area contributed by atoms with Gasteiger partial charge in [0.1, 0.15) is 19.2 Å². The molecule has 0 aromatic heterocycles. The van der Waals surface area contributed by atoms with E-state index in [1.807, 2.05) is 66.7 Å². The monoisotopic (exact) mass is 470 g/mol. The van der Waals surface area contributed by atoms with Crippen LogP contribution in [0.3, 0.4) is 0 Å². The summed E-state index contributed by atoms with van der Waals surface area (Å²) in [5.74, 6) is -1.65. The zero-order valence-corrected chi connectivity index (χ0v) is 19.0. The summed E-state index contributed by atoms with van der Waals surface area (Å²) in [5, 5.41) is 13.0. The number of hydrogen-bond donors (Lipinski definition) is 2. The van der Waals surface area contributed by atoms with Gasteiger partial charge in [-0.05, 0) is 16.7 Å². The summed E-state index contributed by atoms with van der Waals surface area (Å²) in [6, 6.07) is 25.8. The second-order valence-corrected chi connectivity index (χ2v) is 8.17. The van der Waals surface area contributed by atoms with E-state index in [4.69, 9.17) is 4.74 Å². The molecule has 4 rings (SSSR count). The molecule has 7 nitrogen and oxygen atoms in total. The molecule has 0 saturated carbocycles. The van der Waals surface area contributed by atoms with E-state index in [0.717, 1.165) is 11.1 Å². The van der Waals surface area contributed by atoms with E-state index >= 15 is 0 Å². The lowest BCUT2D eigenvalue weighted by Crippen LogP contribution is -2.71. The molecule has 0 radical (unpaired) electrons. The van der Waals surface area contributed by atoms with Gasteiger partial charge in [0.15, 0.2) is 6.10 Å². The summed E-state index contributed by atoms with van der Waals surface area (Å²) < 4.78 is 5.32. The van der Waals surface area contributed by atoms with Gasteiger partial charge in [0.2, 0.25) is 5.91 Å². The van der Waals surface area contributed by atoms with Crippen LogP contribution in [0.4, 0.5) is 0 Å². The van der Waals surface area contributed by atoms with Crippen molar-refractivity contribution in [1.29, 1.82) is 0 Å². The first-order valence-corrected chi connectivity index (χ1v) is 11.3. The van der Waals surface area contributed by atoms with Crippen LogP contribution in [0.25, 0.3) is 6.08 Å². The van der Waals surface area contributed by atoms with Gasteiger partial charge < -0.3 is 20.1 Å². The lowest BCUT2D eigenvalue weighted by atomic mass is 9.93. The summed E-state index contributed by atoms with van der Waals surface area (Å²) in [6.07, 6.45) is 2.18. The molecular weight excluding hydrogens is 444 g/mol. The number of nitrogens with zero attached hydrogens (tertiary/aromatic N) is 1. The lowest BCUT2D eigenvalue weighted by Gasteiger charge is -2.45. The van der Waals surface area contributed by atoms with Gasteiger partial charge in [0.25, 0.3) is 5.91 Å². The highest BCUT2D eigenvalue weighted by atomic mass is 16.5. The molecule has 0 spiro atoms. The van der Waals surface area contributed by atoms with Crippen LogP contribution in [0.15, 0.2) is 97.1 Å². The van der Waals surface area contributed by atoms with Crippen LogP contribution in [0.2, 0.25) is 0 Å². The minimum Gasteiger partial charge on any atom is -0.459 e. The van der Waals surface area contributed by atoms with E-state index in [2.05, 4.69) is 5.32 Å². The van der Waals surface area contributed by atoms with Gasteiger partial charge in [-0.2, -0.15) is 0 Å². The van der Waals surface area contributed by atoms with Crippen molar-refractivity contribution in [3.8, 4) is 0 Å². The van der Waals surface area contributed by atoms with E-state index in [1.54, 1.807) is 36.4 Å². The number of benzene rings is 3. The lowest BCUT2D eigenvalue weighted by molar-refractivity contribution is -0.161. The molecule has 3 aromatic carbocycles. The third-order valence-electron chi connectivity index (χ3n) is 5.74. The largest absolute Gasteiger partial charge is 0.459 e. The fourth-order valence-corrected chi connectivity index (χ4v) is 3.83. The normalized spacial score (nSPS) is 18.1. The van der Waals surface area contributed by atoms with E-state index < -0.39 is 36.0 Å². The smallest absolute Gasteiger partial charge is 0.326 e. The van der Waals surface area contributed by atoms with Gasteiger partial charge in [0, 0.05) is 0 Å². The first kappa shape index (κ1) is 23.9. The fraction of sp³-hybridized carbons (Fsp3) is 0.179. The zero-order valence-electron chi connectivity index (χ0n) is 19.0. The number of hydrogen-bond acceptors (Lipinski definition) is 5. The molecule has 1 aliphatic heterocycles. The number of rotatable bonds is 9. The van der Waals surface area contributed by atoms with Crippen molar-refractivity contribution in [2.75, 3.05) is 6.54 Å². The number of aliphatic hydroxyl groups excluding tert-OH is 1. The Balaban J connectivity index is 1.43. The van der Waals surface area contributed by atoms with Crippen LogP contribution in [0, 0.1) is 0 Å². The van der Waals surface area contributed by atoms with Gasteiger partial charge >= 0.3 is 5.97 Å². The van der Waals surface area contributed by atoms with Gasteiger partial charge in [-0.3, -0.25) is 14.4 Å². The summed E-state index contributed by atoms with van der Waals surface area (Å²) in [4.78, 5) is 39.3. The Labute approximate surface area is 203 Å². The number of β-lactam (4-membered cyclic amide) rings is 1. The maximum atomic E-state index is 12.9. The maximum absolute atomic E-state index is 12.9. The minimum atomic E-state index is -1.41. The number of likely N-dealkylation sites (tertiary alicyclic amines) is 1. The molecule has 1 saturated heterocycles. The molecular formula is C28H26N2O5. The van der Waals surface area contributed by atoms with Crippen molar-refractivity contribution in [2.24, 2.45) is 0 Å². The number of carbonyl (C=O) groups is 3. The van der Waals surface area contributed by atoms with Crippen LogP contribution in [-0.2, 0) is 25.7 Å². The molecule has 0 aliphatic carbocycles. The number of carbonyl (C=O) groups excluding carboxylic acids is 3. The molecule has 1 aliphatic rings. The third-order valence-corrected chi connectivity index (χ3v) is 5.74. The Hall–Kier alpha value is -4.23. The Kier molecular flexibility index (Phi) is 7.70. The van der Waals surface area contributed by atoms with Gasteiger partial charge in [-0.25, -0.2) is 0 Å². The number of amides is 2. The second-order valence-electron chi connectivity index (χ2n) is 8.17. The van der Waals surface area contributed by atoms with Crippen LogP contribution in [-0.4, -0.2) is 46.4 Å². The molecule has 1 fully saturated rings. The van der Waals surface area contributed by atoms with Gasteiger partial charge in [0.05, 0.1) is 6.04 Å². The summed E-state index contributed by atoms with van der Waals surface area (Å²) >= 11 is 0. The standard InChI is InChI=1S/C28H26N2O5/c31-24(35-19-21-12-6-2-7-13-21)18-30-23(17-16-20-10-4-1-5-11-20)25(28(30)34)29-27(33)26(32)22-14-8-3-9-15-22/h1-17,23,25-26,32H,18-19H2,(H,29,33). The third kappa shape index (κ3) is 6.02. The molecule has 3 aromatic rings. The predicted octanol–water partition coefficient (Wildman–Crippen LogP) is 2.87. The molecule has 7 heteroatoms. The molecule has 178 valence electrons. The molecule has 3 atom stereocenters. The first-order chi connectivity index (χ1) is 17.0. The number of nitrogens with one attached hydrogen (secondary N) is 1. The number of aliphatic hydroxyl groups is 1. The Morgan fingerprint density at radius 2 is 1.54 bits per heavy atom. The van der Waals surface area contributed by atoms with Crippen molar-refractivity contribution in [3.63, 3.8) is 0 Å². The van der Waals surface area contributed by atoms with Crippen molar-refractivity contribution in [2.45, 2.75) is 24.8 Å². The van der Waals surface area contributed by atoms with Crippen LogP contribution in [0.5, 0.6) is 0 Å². The van der Waals surface area contributed by atoms with Crippen LogP contribution >= 0.6 is 0 Å². The average molecular weight is 471 g/mol. The topological polar surface area (TPSA) is 95.9 Å². The molecule has 0 bridgehead atoms. The van der Waals surface area contributed by atoms with E-state index in [-0.39, 0.29) is 13.2 Å². The van der Waals surface area contributed by atoms with Crippen LogP contribution < -0.4 is 5.32 Å². The average Bonchev–Trinajstić information content (AvgIpc) is 2.91. The zero-order chi connectivity index (χ0) is 24.6. The predicted molar refractivity (Wildman–Crippen MR) is 131 cm³/mol. The van der Waals surface area contributed by atoms with Gasteiger partial charge in [-0.1, -0.05) is 103 Å². The molecule has 3 unspecified atom stereocenters. The molecule has 2 N–H and O–H groups in total. The fourth-order valence-electron chi connectivity index (χ4n) is 3.83. The van der Waals surface area contributed by atoms with E-state index in [1.165, 1.54) is 4.90 Å². The van der Waals surface area contributed by atoms with Crippen molar-refractivity contribution in [1.82, 2.24) is 10.2 Å². The maximum Gasteiger partial charge on any atom is 0.326 e. The number of ether oxygens (including phenoxy) is 1. The Morgan fingerprint density at radius 3 is 2.20 bits per heavy atom. The van der Waals surface area contributed by atoms with Gasteiger partial charge in [-0.15, -0.1) is 0 Å². The Bertz CT molecular complexity index is 1180. The minimum absolute atomic E-state index is 0.107. The highest BCUT2D eigenvalue weighted by Gasteiger charge is 2.48. The second kappa shape index (κ2) is 11.3. The SMILES string of the molecule is O=C(CN1C(=O)C(NC(=O)C(O)c2ccccc2)C1C=Cc1ccccc1)OCc1ccccc1. The van der Waals surface area contributed by atoms with Crippen molar-refractivity contribution in [3.05, 3.63) is 114 Å². The summed E-state index contributed by atoms with van der Waals surface area (Å²) in [5.41, 5.74) is 2.18. The number of esters is 1. The molecule has 35 heavy (non-hydrogen) atoms. The quantitative estimate of drug-likeness (QED) is 0.370. The van der Waals surface area contributed by atoms with Crippen molar-refractivity contribution < 1.29 is 24.2 Å². The highest BCUT2D eigenvalue weighted by molar-refractivity contribution is 5.97. The highest BCUT2D eigenvalue weighted by Crippen LogP contribution is 2.24. The molecule has 2 amide bonds. The molecule has 1 heterocycles.